The van der Waals surface area contributed by atoms with Gasteiger partial charge in [0.2, 0.25) is 0 Å². The Kier molecular flexibility index (Phi) is 7.20. The zero-order valence-corrected chi connectivity index (χ0v) is 20.2. The summed E-state index contributed by atoms with van der Waals surface area (Å²) in [5.74, 6) is 1.34. The number of phenols is 1. The van der Waals surface area contributed by atoms with Crippen molar-refractivity contribution < 1.29 is 9.84 Å². The van der Waals surface area contributed by atoms with Crippen molar-refractivity contribution >= 4 is 0 Å². The fraction of sp³-hybridized carbons (Fsp3) is 0.419. The summed E-state index contributed by atoms with van der Waals surface area (Å²) in [6.07, 6.45) is 9.53. The number of aromatic hydroxyl groups is 1. The zero-order chi connectivity index (χ0) is 23.2. The number of phenolic OH excluding ortho intramolecular Hbond substituents is 1. The van der Waals surface area contributed by atoms with Gasteiger partial charge in [-0.1, -0.05) is 67.1 Å². The molecule has 3 heteroatoms. The third-order valence-electron chi connectivity index (χ3n) is 7.90. The molecule has 2 heterocycles. The predicted molar refractivity (Wildman–Crippen MR) is 139 cm³/mol. The molecule has 178 valence electrons. The first-order valence-corrected chi connectivity index (χ1v) is 13.0. The maximum atomic E-state index is 10.2. The van der Waals surface area contributed by atoms with Crippen LogP contribution >= 0.6 is 0 Å². The van der Waals surface area contributed by atoms with Crippen LogP contribution in [-0.4, -0.2) is 35.7 Å². The first kappa shape index (κ1) is 23.0. The maximum Gasteiger partial charge on any atom is 0.124 e. The second kappa shape index (κ2) is 10.7. The van der Waals surface area contributed by atoms with Crippen molar-refractivity contribution in [2.75, 3.05) is 19.6 Å². The summed E-state index contributed by atoms with van der Waals surface area (Å²) in [4.78, 5) is 2.60. The van der Waals surface area contributed by atoms with Crippen molar-refractivity contribution in [3.05, 3.63) is 95.6 Å². The lowest BCUT2D eigenvalue weighted by molar-refractivity contribution is 0.0363. The summed E-state index contributed by atoms with van der Waals surface area (Å²) in [7, 11) is 0. The smallest absolute Gasteiger partial charge is 0.124 e. The Balaban J connectivity index is 1.19. The highest BCUT2D eigenvalue weighted by atomic mass is 16.5. The highest BCUT2D eigenvalue weighted by molar-refractivity contribution is 5.49. The summed E-state index contributed by atoms with van der Waals surface area (Å²) in [6, 6.07) is 27.3. The molecule has 1 saturated heterocycles. The van der Waals surface area contributed by atoms with Gasteiger partial charge in [0.25, 0.3) is 0 Å². The molecule has 1 fully saturated rings. The molecule has 5 rings (SSSR count). The Bertz CT molecular complexity index is 1050. The molecule has 0 radical (unpaired) electrons. The van der Waals surface area contributed by atoms with Gasteiger partial charge in [-0.2, -0.15) is 0 Å². The molecule has 0 spiro atoms. The first-order valence-electron chi connectivity index (χ1n) is 13.0. The molecule has 2 aliphatic heterocycles. The van der Waals surface area contributed by atoms with Crippen LogP contribution in [0.2, 0.25) is 0 Å². The van der Waals surface area contributed by atoms with E-state index in [2.05, 4.69) is 65.6 Å². The van der Waals surface area contributed by atoms with Crippen molar-refractivity contribution in [1.29, 1.82) is 0 Å². The second-order valence-electron chi connectivity index (χ2n) is 10.1. The molecule has 3 nitrogen and oxygen atoms in total. The quantitative estimate of drug-likeness (QED) is 0.353. The fourth-order valence-electron chi connectivity index (χ4n) is 5.99. The SMILES string of the molecule is Oc1ccc2c(c1)[C@]1(CCCCc3ccccc3)CCN(CCCCc3ccccc3)C[C@@H]1O2. The summed E-state index contributed by atoms with van der Waals surface area (Å²) in [5, 5.41) is 10.2. The van der Waals surface area contributed by atoms with E-state index in [1.165, 1.54) is 42.4 Å². The standard InChI is InChI=1S/C31H37NO2/c33-27-17-18-29-28(23-27)31(19-9-7-15-25-11-3-1-4-12-25)20-22-32(24-30(31)34-29)21-10-8-16-26-13-5-2-6-14-26/h1-6,11-14,17-18,23,30,33H,7-10,15-16,19-22,24H2/t30-,31-/m0/s1. The van der Waals surface area contributed by atoms with Crippen molar-refractivity contribution in [1.82, 2.24) is 4.90 Å². The van der Waals surface area contributed by atoms with Crippen molar-refractivity contribution in [3.63, 3.8) is 0 Å². The second-order valence-corrected chi connectivity index (χ2v) is 10.1. The van der Waals surface area contributed by atoms with Crippen LogP contribution in [0.1, 0.15) is 55.2 Å². The van der Waals surface area contributed by atoms with E-state index in [0.717, 1.165) is 51.1 Å². The van der Waals surface area contributed by atoms with Gasteiger partial charge in [0.1, 0.15) is 17.6 Å². The van der Waals surface area contributed by atoms with Crippen LogP contribution in [-0.2, 0) is 18.3 Å². The van der Waals surface area contributed by atoms with Gasteiger partial charge in [0.05, 0.1) is 0 Å². The molecule has 2 atom stereocenters. The number of benzene rings is 3. The van der Waals surface area contributed by atoms with Gasteiger partial charge in [-0.3, -0.25) is 4.90 Å². The van der Waals surface area contributed by atoms with E-state index in [4.69, 9.17) is 4.74 Å². The van der Waals surface area contributed by atoms with Crippen LogP contribution in [0.25, 0.3) is 0 Å². The minimum atomic E-state index is 0.0330. The van der Waals surface area contributed by atoms with Gasteiger partial charge in [-0.15, -0.1) is 0 Å². The minimum absolute atomic E-state index is 0.0330. The van der Waals surface area contributed by atoms with Crippen LogP contribution < -0.4 is 4.74 Å². The van der Waals surface area contributed by atoms with Gasteiger partial charge in [0, 0.05) is 17.5 Å². The Morgan fingerprint density at radius 3 is 2.21 bits per heavy atom. The number of aryl methyl sites for hydroxylation is 2. The molecule has 3 aromatic carbocycles. The molecular weight excluding hydrogens is 418 g/mol. The molecule has 0 aromatic heterocycles. The highest BCUT2D eigenvalue weighted by Gasteiger charge is 2.51. The average molecular weight is 456 g/mol. The Morgan fingerprint density at radius 2 is 1.50 bits per heavy atom. The highest BCUT2D eigenvalue weighted by Crippen LogP contribution is 2.51. The van der Waals surface area contributed by atoms with Crippen molar-refractivity contribution in [3.8, 4) is 11.5 Å². The van der Waals surface area contributed by atoms with E-state index in [9.17, 15) is 5.11 Å². The normalized spacial score (nSPS) is 21.6. The van der Waals surface area contributed by atoms with Gasteiger partial charge in [-0.05, 0) is 87.4 Å². The largest absolute Gasteiger partial charge is 0.508 e. The zero-order valence-electron chi connectivity index (χ0n) is 20.2. The van der Waals surface area contributed by atoms with E-state index in [1.54, 1.807) is 6.07 Å². The molecule has 0 saturated carbocycles. The van der Waals surface area contributed by atoms with Gasteiger partial charge in [-0.25, -0.2) is 0 Å². The number of ether oxygens (including phenoxy) is 1. The van der Waals surface area contributed by atoms with Crippen LogP contribution in [0.4, 0.5) is 0 Å². The molecule has 0 unspecified atom stereocenters. The number of likely N-dealkylation sites (tertiary alicyclic amines) is 1. The number of hydrogen-bond acceptors (Lipinski definition) is 3. The molecule has 0 aliphatic carbocycles. The Morgan fingerprint density at radius 1 is 0.824 bits per heavy atom. The lowest BCUT2D eigenvalue weighted by atomic mass is 9.68. The Hall–Kier alpha value is -2.78. The summed E-state index contributed by atoms with van der Waals surface area (Å²) in [6.45, 7) is 3.23. The first-order chi connectivity index (χ1) is 16.7. The minimum Gasteiger partial charge on any atom is -0.508 e. The third-order valence-corrected chi connectivity index (χ3v) is 7.90. The summed E-state index contributed by atoms with van der Waals surface area (Å²) in [5.41, 5.74) is 4.12. The predicted octanol–water partition coefficient (Wildman–Crippen LogP) is 6.53. The van der Waals surface area contributed by atoms with Crippen LogP contribution in [0.3, 0.4) is 0 Å². The average Bonchev–Trinajstić information content (AvgIpc) is 3.19. The molecule has 34 heavy (non-hydrogen) atoms. The number of nitrogens with zero attached hydrogens (tertiary/aromatic N) is 1. The maximum absolute atomic E-state index is 10.2. The number of hydrogen-bond donors (Lipinski definition) is 1. The van der Waals surface area contributed by atoms with Crippen molar-refractivity contribution in [2.24, 2.45) is 0 Å². The van der Waals surface area contributed by atoms with E-state index in [-0.39, 0.29) is 11.5 Å². The number of unbranched alkanes of at least 4 members (excludes halogenated alkanes) is 2. The van der Waals surface area contributed by atoms with Crippen LogP contribution in [0.5, 0.6) is 11.5 Å². The molecule has 0 bridgehead atoms. The summed E-state index contributed by atoms with van der Waals surface area (Å²) >= 11 is 0. The fourth-order valence-corrected chi connectivity index (χ4v) is 5.99. The third kappa shape index (κ3) is 5.15. The van der Waals surface area contributed by atoms with Crippen molar-refractivity contribution in [2.45, 2.75) is 62.9 Å². The Labute approximate surface area is 204 Å². The molecular formula is C31H37NO2. The molecule has 2 aliphatic rings. The lowest BCUT2D eigenvalue weighted by Crippen LogP contribution is -2.53. The molecule has 0 amide bonds. The van der Waals surface area contributed by atoms with E-state index < -0.39 is 0 Å². The van der Waals surface area contributed by atoms with Gasteiger partial charge in [0.15, 0.2) is 0 Å². The van der Waals surface area contributed by atoms with E-state index in [0.29, 0.717) is 5.75 Å². The number of rotatable bonds is 10. The van der Waals surface area contributed by atoms with Crippen LogP contribution in [0, 0.1) is 0 Å². The lowest BCUT2D eigenvalue weighted by Gasteiger charge is -2.43. The topological polar surface area (TPSA) is 32.7 Å². The van der Waals surface area contributed by atoms with E-state index >= 15 is 0 Å². The van der Waals surface area contributed by atoms with Gasteiger partial charge < -0.3 is 9.84 Å². The van der Waals surface area contributed by atoms with E-state index in [1.807, 2.05) is 12.1 Å². The van der Waals surface area contributed by atoms with Crippen LogP contribution in [0.15, 0.2) is 78.9 Å². The summed E-state index contributed by atoms with van der Waals surface area (Å²) < 4.78 is 6.54. The van der Waals surface area contributed by atoms with Gasteiger partial charge >= 0.3 is 0 Å². The monoisotopic (exact) mass is 455 g/mol. The number of piperidine rings is 1. The number of fused-ring (bicyclic) bond motifs is 3. The molecule has 1 N–H and O–H groups in total. The molecule has 3 aromatic rings.